The molecule has 0 aliphatic rings. The van der Waals surface area contributed by atoms with Crippen molar-refractivity contribution in [3.8, 4) is 0 Å². The molecule has 0 saturated heterocycles. The number of carbonyl (C=O) groups excluding carboxylic acids is 1. The molecule has 0 radical (unpaired) electrons. The van der Waals surface area contributed by atoms with Crippen LogP contribution in [-0.2, 0) is 0 Å². The summed E-state index contributed by atoms with van der Waals surface area (Å²) in [4.78, 5) is 16.8. The van der Waals surface area contributed by atoms with E-state index in [1.165, 1.54) is 0 Å². The van der Waals surface area contributed by atoms with Crippen LogP contribution in [0, 0.1) is 0 Å². The van der Waals surface area contributed by atoms with Gasteiger partial charge in [-0.3, -0.25) is 4.79 Å². The summed E-state index contributed by atoms with van der Waals surface area (Å²) in [7, 11) is 0. The molecule has 3 heteroatoms. The highest BCUT2D eigenvalue weighted by Gasteiger charge is 2.13. The van der Waals surface area contributed by atoms with E-state index in [9.17, 15) is 4.79 Å². The number of aromatic nitrogens is 2. The zero-order valence-corrected chi connectivity index (χ0v) is 11.4. The fourth-order valence-corrected chi connectivity index (χ4v) is 2.10. The highest BCUT2D eigenvalue weighted by molar-refractivity contribution is 6.27. The van der Waals surface area contributed by atoms with Crippen molar-refractivity contribution in [3.63, 3.8) is 0 Å². The van der Waals surface area contributed by atoms with Gasteiger partial charge in [0, 0.05) is 18.0 Å². The van der Waals surface area contributed by atoms with E-state index in [0.29, 0.717) is 11.3 Å². The van der Waals surface area contributed by atoms with Gasteiger partial charge in [0.2, 0.25) is 5.78 Å². The molecule has 2 aromatic carbocycles. The molecule has 0 aliphatic heterocycles. The number of Topliss-reactive ketones (excluding diaryl/α,β-unsaturated/α-hetero) is 1. The number of carbonyl (C=O) groups is 1. The maximum Gasteiger partial charge on any atom is 0.209 e. The van der Waals surface area contributed by atoms with Crippen LogP contribution >= 0.6 is 0 Å². The predicted molar refractivity (Wildman–Crippen MR) is 83.6 cm³/mol. The van der Waals surface area contributed by atoms with Gasteiger partial charge in [-0.15, -0.1) is 0 Å². The lowest BCUT2D eigenvalue weighted by atomic mass is 10.1. The Morgan fingerprint density at radius 3 is 2.24 bits per heavy atom. The first-order chi connectivity index (χ1) is 10.3. The minimum Gasteiger partial charge on any atom is -0.303 e. The molecule has 0 bridgehead atoms. The summed E-state index contributed by atoms with van der Waals surface area (Å²) in [6.45, 7) is 0. The Kier molecular flexibility index (Phi) is 3.74. The van der Waals surface area contributed by atoms with Crippen molar-refractivity contribution in [2.45, 2.75) is 0 Å². The van der Waals surface area contributed by atoms with Gasteiger partial charge in [-0.05, 0) is 11.6 Å². The van der Waals surface area contributed by atoms with Crippen LogP contribution in [-0.4, -0.2) is 15.3 Å². The Bertz CT molecular complexity index is 744. The normalized spacial score (nSPS) is 11.3. The quantitative estimate of drug-likeness (QED) is 0.536. The molecule has 0 aliphatic carbocycles. The van der Waals surface area contributed by atoms with Gasteiger partial charge in [0.15, 0.2) is 0 Å². The average molecular weight is 274 g/mol. The number of benzene rings is 2. The molecule has 0 N–H and O–H groups in total. The van der Waals surface area contributed by atoms with Gasteiger partial charge >= 0.3 is 0 Å². The number of ketones is 1. The van der Waals surface area contributed by atoms with Gasteiger partial charge in [0.05, 0.1) is 12.0 Å². The van der Waals surface area contributed by atoms with Gasteiger partial charge in [-0.1, -0.05) is 60.7 Å². The Hall–Kier alpha value is -2.94. The fraction of sp³-hybridized carbons (Fsp3) is 0. The zero-order valence-electron chi connectivity index (χ0n) is 11.4. The molecule has 3 nitrogen and oxygen atoms in total. The monoisotopic (exact) mass is 274 g/mol. The predicted octanol–water partition coefficient (Wildman–Crippen LogP) is 3.76. The largest absolute Gasteiger partial charge is 0.303 e. The van der Waals surface area contributed by atoms with Crippen molar-refractivity contribution in [2.75, 3.05) is 0 Å². The number of allylic oxidation sites excluding steroid dienone is 1. The van der Waals surface area contributed by atoms with Crippen LogP contribution in [0.4, 0.5) is 0 Å². The lowest BCUT2D eigenvalue weighted by Gasteiger charge is -2.08. The Morgan fingerprint density at radius 2 is 1.62 bits per heavy atom. The van der Waals surface area contributed by atoms with E-state index in [0.717, 1.165) is 5.56 Å². The highest BCUT2D eigenvalue weighted by Crippen LogP contribution is 2.17. The van der Waals surface area contributed by atoms with Crippen LogP contribution in [0.2, 0.25) is 0 Å². The summed E-state index contributed by atoms with van der Waals surface area (Å²) < 4.78 is 1.74. The van der Waals surface area contributed by atoms with Crippen LogP contribution in [0.1, 0.15) is 15.9 Å². The van der Waals surface area contributed by atoms with E-state index in [1.807, 2.05) is 66.7 Å². The zero-order chi connectivity index (χ0) is 14.5. The number of hydrogen-bond acceptors (Lipinski definition) is 2. The van der Waals surface area contributed by atoms with Gasteiger partial charge in [0.1, 0.15) is 0 Å². The molecule has 3 aromatic rings. The molecular formula is C18H14N2O. The molecule has 0 atom stereocenters. The molecule has 21 heavy (non-hydrogen) atoms. The second-order valence-electron chi connectivity index (χ2n) is 4.61. The minimum absolute atomic E-state index is 0.0301. The van der Waals surface area contributed by atoms with Crippen LogP contribution in [0.3, 0.4) is 0 Å². The summed E-state index contributed by atoms with van der Waals surface area (Å²) in [6, 6.07) is 19.0. The van der Waals surface area contributed by atoms with Crippen molar-refractivity contribution in [1.82, 2.24) is 9.55 Å². The molecule has 1 aromatic heterocycles. The lowest BCUT2D eigenvalue weighted by molar-refractivity contribution is 0.105. The first kappa shape index (κ1) is 13.1. The Balaban J connectivity index is 2.06. The first-order valence-electron chi connectivity index (χ1n) is 6.69. The Labute approximate surface area is 123 Å². The molecule has 1 heterocycles. The van der Waals surface area contributed by atoms with E-state index in [4.69, 9.17) is 0 Å². The van der Waals surface area contributed by atoms with Crippen LogP contribution < -0.4 is 0 Å². The summed E-state index contributed by atoms with van der Waals surface area (Å²) in [5.41, 5.74) is 2.21. The van der Waals surface area contributed by atoms with E-state index < -0.39 is 0 Å². The standard InChI is InChI=1S/C18H14N2O/c21-18(16-9-5-2-6-10-16)17(20-12-11-19-14-20)13-15-7-3-1-4-8-15/h1-14H. The highest BCUT2D eigenvalue weighted by atomic mass is 16.1. The number of nitrogens with zero attached hydrogens (tertiary/aromatic N) is 2. The fourth-order valence-electron chi connectivity index (χ4n) is 2.10. The third-order valence-corrected chi connectivity index (χ3v) is 3.15. The molecule has 3 rings (SSSR count). The topological polar surface area (TPSA) is 34.9 Å². The number of imidazole rings is 1. The molecule has 0 amide bonds. The SMILES string of the molecule is O=C(C(=Cc1ccccc1)n1ccnc1)c1ccccc1. The van der Waals surface area contributed by atoms with Gasteiger partial charge < -0.3 is 4.57 Å². The number of rotatable bonds is 4. The van der Waals surface area contributed by atoms with E-state index >= 15 is 0 Å². The second kappa shape index (κ2) is 6.01. The second-order valence-corrected chi connectivity index (χ2v) is 4.61. The van der Waals surface area contributed by atoms with Crippen molar-refractivity contribution in [3.05, 3.63) is 90.5 Å². The third-order valence-electron chi connectivity index (χ3n) is 3.15. The van der Waals surface area contributed by atoms with Crippen LogP contribution in [0.15, 0.2) is 79.4 Å². The minimum atomic E-state index is -0.0301. The maximum atomic E-state index is 12.7. The molecule has 0 unspecified atom stereocenters. The van der Waals surface area contributed by atoms with Gasteiger partial charge in [-0.2, -0.15) is 0 Å². The van der Waals surface area contributed by atoms with Crippen LogP contribution in [0.5, 0.6) is 0 Å². The molecule has 0 spiro atoms. The van der Waals surface area contributed by atoms with E-state index in [1.54, 1.807) is 23.3 Å². The van der Waals surface area contributed by atoms with E-state index in [-0.39, 0.29) is 5.78 Å². The molecule has 102 valence electrons. The Morgan fingerprint density at radius 1 is 0.952 bits per heavy atom. The van der Waals surface area contributed by atoms with Gasteiger partial charge in [0.25, 0.3) is 0 Å². The van der Waals surface area contributed by atoms with Crippen molar-refractivity contribution < 1.29 is 4.79 Å². The first-order valence-corrected chi connectivity index (χ1v) is 6.69. The summed E-state index contributed by atoms with van der Waals surface area (Å²) in [5, 5.41) is 0. The van der Waals surface area contributed by atoms with Crippen molar-refractivity contribution in [1.29, 1.82) is 0 Å². The molecule has 0 fully saturated rings. The average Bonchev–Trinajstić information content (AvgIpc) is 3.08. The van der Waals surface area contributed by atoms with Crippen LogP contribution in [0.25, 0.3) is 11.8 Å². The molecule has 0 saturated carbocycles. The lowest BCUT2D eigenvalue weighted by Crippen LogP contribution is -2.08. The summed E-state index contributed by atoms with van der Waals surface area (Å²) in [5.74, 6) is -0.0301. The summed E-state index contributed by atoms with van der Waals surface area (Å²) >= 11 is 0. The van der Waals surface area contributed by atoms with Gasteiger partial charge in [-0.25, -0.2) is 4.98 Å². The third kappa shape index (κ3) is 2.98. The number of hydrogen-bond donors (Lipinski definition) is 0. The summed E-state index contributed by atoms with van der Waals surface area (Å²) in [6.07, 6.45) is 6.94. The smallest absolute Gasteiger partial charge is 0.209 e. The van der Waals surface area contributed by atoms with Crippen molar-refractivity contribution >= 4 is 17.6 Å². The van der Waals surface area contributed by atoms with E-state index in [2.05, 4.69) is 4.98 Å². The maximum absolute atomic E-state index is 12.7. The molecular weight excluding hydrogens is 260 g/mol. The van der Waals surface area contributed by atoms with Crippen molar-refractivity contribution in [2.24, 2.45) is 0 Å².